The molecule has 0 aromatic carbocycles. The minimum atomic E-state index is -0.668. The van der Waals surface area contributed by atoms with Gasteiger partial charge >= 0.3 is 5.97 Å². The van der Waals surface area contributed by atoms with Gasteiger partial charge in [0.2, 0.25) is 0 Å². The van der Waals surface area contributed by atoms with Crippen molar-refractivity contribution in [3.63, 3.8) is 0 Å². The number of hydrogen-bond acceptors (Lipinski definition) is 8. The molecule has 0 amide bonds. The summed E-state index contributed by atoms with van der Waals surface area (Å²) in [6.45, 7) is 5.86. The number of unbranched alkanes of at least 4 members (excludes halogenated alkanes) is 5. The molecule has 7 nitrogen and oxygen atoms in total. The lowest BCUT2D eigenvalue weighted by Crippen LogP contribution is -2.24. The summed E-state index contributed by atoms with van der Waals surface area (Å²) in [5.41, 5.74) is 0. The number of nitrogens with zero attached hydrogens (tertiary/aromatic N) is 1. The molecule has 1 aliphatic carbocycles. The molecule has 0 radical (unpaired) electrons. The molecule has 1 rings (SSSR count). The van der Waals surface area contributed by atoms with Gasteiger partial charge in [-0.25, -0.2) is 0 Å². The van der Waals surface area contributed by atoms with Crippen molar-refractivity contribution in [2.45, 2.75) is 108 Å². The van der Waals surface area contributed by atoms with E-state index >= 15 is 0 Å². The van der Waals surface area contributed by atoms with Crippen LogP contribution in [0, 0.1) is 16.7 Å². The highest BCUT2D eigenvalue weighted by atomic mass is 32.2. The maximum atomic E-state index is 12.3. The zero-order chi connectivity index (χ0) is 24.0. The van der Waals surface area contributed by atoms with E-state index in [1.165, 1.54) is 0 Å². The third kappa shape index (κ3) is 11.6. The fourth-order valence-electron chi connectivity index (χ4n) is 3.99. The zero-order valence-electron chi connectivity index (χ0n) is 19.8. The first kappa shape index (κ1) is 28.8. The molecule has 32 heavy (non-hydrogen) atoms. The predicted octanol–water partition coefficient (Wildman–Crippen LogP) is 5.13. The molecule has 8 heteroatoms. The highest BCUT2D eigenvalue weighted by Gasteiger charge is 2.39. The number of nitroso groups, excluding NO2 is 1. The molecule has 0 aromatic heterocycles. The Hall–Kier alpha value is -1.25. The Labute approximate surface area is 196 Å². The number of carbonyl (C=O) groups excluding carboxylic acids is 2. The first-order valence-corrected chi connectivity index (χ1v) is 12.7. The molecule has 0 unspecified atom stereocenters. The molecule has 1 saturated carbocycles. The maximum Gasteiger partial charge on any atom is 0.305 e. The topological polar surface area (TPSA) is 113 Å². The van der Waals surface area contributed by atoms with Crippen molar-refractivity contribution in [3.8, 4) is 0 Å². The molecule has 0 saturated heterocycles. The van der Waals surface area contributed by atoms with Crippen LogP contribution >= 0.6 is 11.9 Å². The number of esters is 1. The summed E-state index contributed by atoms with van der Waals surface area (Å²) in [7, 11) is 0. The largest absolute Gasteiger partial charge is 0.464 e. The van der Waals surface area contributed by atoms with Crippen molar-refractivity contribution in [1.29, 1.82) is 0 Å². The Balaban J connectivity index is 2.29. The monoisotopic (exact) mass is 471 g/mol. The molecule has 1 fully saturated rings. The number of aliphatic hydroxyl groups excluding tert-OH is 2. The third-order valence-electron chi connectivity index (χ3n) is 5.90. The van der Waals surface area contributed by atoms with E-state index in [9.17, 15) is 24.7 Å². The average Bonchev–Trinajstić information content (AvgIpc) is 3.00. The summed E-state index contributed by atoms with van der Waals surface area (Å²) < 4.78 is 7.47. The molecule has 0 bridgehead atoms. The molecule has 0 heterocycles. The van der Waals surface area contributed by atoms with E-state index in [4.69, 9.17) is 4.74 Å². The highest BCUT2D eigenvalue weighted by molar-refractivity contribution is 7.99. The summed E-state index contributed by atoms with van der Waals surface area (Å²) in [6, 6.07) is 0. The number of rotatable bonds is 17. The van der Waals surface area contributed by atoms with Crippen LogP contribution in [0.4, 0.5) is 0 Å². The molecular weight excluding hydrogens is 430 g/mol. The maximum absolute atomic E-state index is 12.3. The highest BCUT2D eigenvalue weighted by Crippen LogP contribution is 2.34. The van der Waals surface area contributed by atoms with E-state index in [1.807, 2.05) is 6.08 Å². The molecular formula is C24H41NO6S. The standard InChI is InChI=1S/C24H41NO6S/c1-4-5-8-11-18(26)14-15-20-19(21(27)16-22(20)28)12-9-6-7-10-13-23(29)31-17-24(2,3)32-25-30/h14-15,18-20,22,26,28H,4-13,16-17H2,1-3H3/t18-,19+,20+,22+/m0/s1. The van der Waals surface area contributed by atoms with Crippen molar-refractivity contribution < 1.29 is 24.5 Å². The zero-order valence-corrected chi connectivity index (χ0v) is 20.6. The van der Waals surface area contributed by atoms with Gasteiger partial charge in [-0.05, 0) is 33.1 Å². The van der Waals surface area contributed by atoms with Gasteiger partial charge in [-0.3, -0.25) is 9.59 Å². The molecule has 2 N–H and O–H groups in total. The number of ketones is 1. The van der Waals surface area contributed by atoms with Crippen LogP contribution in [0.5, 0.6) is 0 Å². The normalized spacial score (nSPS) is 22.4. The number of ether oxygens (including phenoxy) is 1. The van der Waals surface area contributed by atoms with Gasteiger partial charge in [0.25, 0.3) is 0 Å². The fourth-order valence-corrected chi connectivity index (χ4v) is 4.30. The van der Waals surface area contributed by atoms with Gasteiger partial charge in [-0.2, -0.15) is 0 Å². The van der Waals surface area contributed by atoms with Crippen LogP contribution in [0.15, 0.2) is 16.7 Å². The Kier molecular flexibility index (Phi) is 14.0. The SMILES string of the molecule is CCCCC[C@H](O)C=C[C@H]1[C@H](O)CC(=O)[C@@H]1CCCCCCC(=O)OCC(C)(C)SN=O. The van der Waals surface area contributed by atoms with Crippen molar-refractivity contribution in [2.75, 3.05) is 6.61 Å². The quantitative estimate of drug-likeness (QED) is 0.0994. The van der Waals surface area contributed by atoms with Gasteiger partial charge in [-0.15, -0.1) is 4.91 Å². The minimum absolute atomic E-state index is 0.0986. The summed E-state index contributed by atoms with van der Waals surface area (Å²) in [4.78, 5) is 34.5. The first-order chi connectivity index (χ1) is 15.2. The Bertz CT molecular complexity index is 609. The summed E-state index contributed by atoms with van der Waals surface area (Å²) in [6.07, 6.45) is 10.8. The molecule has 0 aliphatic heterocycles. The van der Waals surface area contributed by atoms with Crippen LogP contribution in [0.2, 0.25) is 0 Å². The van der Waals surface area contributed by atoms with Crippen molar-refractivity contribution in [2.24, 2.45) is 16.4 Å². The summed E-state index contributed by atoms with van der Waals surface area (Å²) in [5.74, 6) is -0.594. The molecule has 4 atom stereocenters. The third-order valence-corrected chi connectivity index (χ3v) is 6.59. The van der Waals surface area contributed by atoms with Crippen LogP contribution < -0.4 is 0 Å². The fraction of sp³-hybridized carbons (Fsp3) is 0.833. The second-order valence-corrected chi connectivity index (χ2v) is 10.8. The van der Waals surface area contributed by atoms with E-state index in [1.54, 1.807) is 19.9 Å². The summed E-state index contributed by atoms with van der Waals surface area (Å²) >= 11 is 0.860. The van der Waals surface area contributed by atoms with Gasteiger partial charge in [0.05, 0.1) is 17.0 Å². The van der Waals surface area contributed by atoms with Gasteiger partial charge in [0, 0.05) is 41.2 Å². The van der Waals surface area contributed by atoms with Gasteiger partial charge in [0.15, 0.2) is 0 Å². The molecule has 0 spiro atoms. The second-order valence-electron chi connectivity index (χ2n) is 9.41. The molecule has 0 aromatic rings. The van der Waals surface area contributed by atoms with Crippen LogP contribution in [0.1, 0.15) is 91.4 Å². The van der Waals surface area contributed by atoms with E-state index in [0.717, 1.165) is 50.5 Å². The van der Waals surface area contributed by atoms with Crippen molar-refractivity contribution in [3.05, 3.63) is 17.1 Å². The van der Waals surface area contributed by atoms with Crippen molar-refractivity contribution >= 4 is 23.7 Å². The van der Waals surface area contributed by atoms with Crippen molar-refractivity contribution in [1.82, 2.24) is 0 Å². The van der Waals surface area contributed by atoms with Gasteiger partial charge < -0.3 is 14.9 Å². The van der Waals surface area contributed by atoms with E-state index < -0.39 is 17.0 Å². The smallest absolute Gasteiger partial charge is 0.305 e. The van der Waals surface area contributed by atoms with Crippen LogP contribution in [0.3, 0.4) is 0 Å². The Morgan fingerprint density at radius 3 is 2.66 bits per heavy atom. The van der Waals surface area contributed by atoms with Crippen LogP contribution in [-0.4, -0.2) is 45.5 Å². The summed E-state index contributed by atoms with van der Waals surface area (Å²) in [5, 5.41) is 20.4. The average molecular weight is 472 g/mol. The van der Waals surface area contributed by atoms with Crippen LogP contribution in [0.25, 0.3) is 0 Å². The van der Waals surface area contributed by atoms with E-state index in [2.05, 4.69) is 11.5 Å². The lowest BCUT2D eigenvalue weighted by Gasteiger charge is -2.19. The van der Waals surface area contributed by atoms with Gasteiger partial charge in [-0.1, -0.05) is 57.6 Å². The number of aliphatic hydroxyl groups is 2. The molecule has 1 aliphatic rings. The van der Waals surface area contributed by atoms with Gasteiger partial charge in [0.1, 0.15) is 12.4 Å². The van der Waals surface area contributed by atoms with E-state index in [-0.39, 0.29) is 36.6 Å². The molecule has 184 valence electrons. The van der Waals surface area contributed by atoms with Crippen LogP contribution in [-0.2, 0) is 14.3 Å². The Morgan fingerprint density at radius 1 is 1.25 bits per heavy atom. The number of Topliss-reactive ketones (excluding diaryl/α,β-unsaturated/α-hetero) is 1. The predicted molar refractivity (Wildman–Crippen MR) is 128 cm³/mol. The first-order valence-electron chi connectivity index (χ1n) is 11.9. The lowest BCUT2D eigenvalue weighted by molar-refractivity contribution is -0.144. The minimum Gasteiger partial charge on any atom is -0.464 e. The lowest BCUT2D eigenvalue weighted by atomic mass is 9.88. The Morgan fingerprint density at radius 2 is 1.97 bits per heavy atom. The number of carbonyl (C=O) groups is 2. The van der Waals surface area contributed by atoms with E-state index in [0.29, 0.717) is 25.7 Å². The number of hydrogen-bond donors (Lipinski definition) is 2. The second kappa shape index (κ2) is 15.6.